The van der Waals surface area contributed by atoms with Crippen molar-refractivity contribution in [1.82, 2.24) is 15.5 Å². The second kappa shape index (κ2) is 13.4. The van der Waals surface area contributed by atoms with Crippen LogP contribution in [0.4, 0.5) is 4.79 Å². The third-order valence-corrected chi connectivity index (χ3v) is 5.28. The van der Waals surface area contributed by atoms with E-state index in [1.165, 1.54) is 12.0 Å². The van der Waals surface area contributed by atoms with Crippen LogP contribution in [0, 0.1) is 11.5 Å². The van der Waals surface area contributed by atoms with E-state index in [4.69, 9.17) is 5.26 Å². The van der Waals surface area contributed by atoms with E-state index in [0.717, 1.165) is 38.6 Å². The van der Waals surface area contributed by atoms with E-state index in [-0.39, 0.29) is 12.1 Å². The summed E-state index contributed by atoms with van der Waals surface area (Å²) in [6.07, 6.45) is 8.48. The Morgan fingerprint density at radius 1 is 1.14 bits per heavy atom. The number of urea groups is 1. The van der Waals surface area contributed by atoms with Gasteiger partial charge in [-0.3, -0.25) is 0 Å². The van der Waals surface area contributed by atoms with Crippen molar-refractivity contribution in [1.29, 1.82) is 5.26 Å². The summed E-state index contributed by atoms with van der Waals surface area (Å²) < 4.78 is 0. The van der Waals surface area contributed by atoms with Crippen LogP contribution in [0.2, 0.25) is 0 Å². The summed E-state index contributed by atoms with van der Waals surface area (Å²) in [4.78, 5) is 13.7. The number of hydrogen-bond acceptors (Lipinski definition) is 3. The Balaban J connectivity index is 1.74. The third-order valence-electron chi connectivity index (χ3n) is 5.28. The van der Waals surface area contributed by atoms with E-state index in [0.29, 0.717) is 19.0 Å². The maximum atomic E-state index is 12.0. The Bertz CT molecular complexity index is 689. The van der Waals surface area contributed by atoms with Gasteiger partial charge in [-0.25, -0.2) is 4.79 Å². The minimum atomic E-state index is -0.122. The molecular weight excluding hydrogens is 360 g/mol. The van der Waals surface area contributed by atoms with Gasteiger partial charge in [-0.05, 0) is 37.2 Å². The molecule has 2 amide bonds. The molecule has 29 heavy (non-hydrogen) atoms. The lowest BCUT2D eigenvalue weighted by atomic mass is 9.90. The van der Waals surface area contributed by atoms with Gasteiger partial charge in [0.25, 0.3) is 0 Å². The molecule has 0 radical (unpaired) electrons. The summed E-state index contributed by atoms with van der Waals surface area (Å²) in [6.45, 7) is 4.26. The minimum Gasteiger partial charge on any atom is -0.338 e. The molecule has 1 aliphatic heterocycles. The molecule has 0 aliphatic carbocycles. The lowest BCUT2D eigenvalue weighted by molar-refractivity contribution is 0.237. The van der Waals surface area contributed by atoms with Crippen molar-refractivity contribution in [2.24, 2.45) is 0 Å². The van der Waals surface area contributed by atoms with Crippen molar-refractivity contribution in [3.63, 3.8) is 0 Å². The van der Waals surface area contributed by atoms with Crippen LogP contribution in [0.3, 0.4) is 0 Å². The van der Waals surface area contributed by atoms with Gasteiger partial charge in [-0.1, -0.05) is 74.4 Å². The Labute approximate surface area is 175 Å². The van der Waals surface area contributed by atoms with Gasteiger partial charge in [-0.15, -0.1) is 0 Å². The second-order valence-corrected chi connectivity index (χ2v) is 7.59. The summed E-state index contributed by atoms with van der Waals surface area (Å²) in [5.74, 6) is 0.544. The molecular formula is C24H34N4O. The SMILES string of the molecule is CCCC(CCCCNC(=O)N[C@@H]1CCN(C#N)C1)c1ccccccccc1. The number of nitriles is 1. The summed E-state index contributed by atoms with van der Waals surface area (Å²) in [5, 5.41) is 14.8. The maximum absolute atomic E-state index is 12.0. The zero-order chi connectivity index (χ0) is 20.7. The number of nitrogens with one attached hydrogen (secondary N) is 2. The molecule has 2 atom stereocenters. The van der Waals surface area contributed by atoms with E-state index in [1.54, 1.807) is 4.90 Å². The summed E-state index contributed by atoms with van der Waals surface area (Å²) in [5.41, 5.74) is 1.37. The standard InChI is InChI=1S/C24H34N4O/c1-2-12-21(22-13-8-6-4-3-5-7-9-14-22)15-10-11-17-26-24(29)27-23-16-18-28(19-23)20-25/h3-9,13-14,21,23H,2,10-12,15-19H2,1H3,(H2,26,27,29)/t21?,23-/m1/s1. The first kappa shape index (κ1) is 22.5. The molecule has 1 unspecified atom stereocenters. The minimum absolute atomic E-state index is 0.0758. The average Bonchev–Trinajstić information content (AvgIpc) is 3.18. The molecule has 0 saturated carbocycles. The van der Waals surface area contributed by atoms with Gasteiger partial charge in [0.1, 0.15) is 0 Å². The molecule has 2 N–H and O–H groups in total. The summed E-state index contributed by atoms with van der Waals surface area (Å²) in [7, 11) is 0. The molecule has 0 spiro atoms. The van der Waals surface area contributed by atoms with Gasteiger partial charge in [-0.2, -0.15) is 5.26 Å². The summed E-state index contributed by atoms with van der Waals surface area (Å²) >= 11 is 0. The van der Waals surface area contributed by atoms with Crippen LogP contribution in [-0.4, -0.2) is 36.6 Å². The van der Waals surface area contributed by atoms with Crippen LogP contribution in [0.25, 0.3) is 0 Å². The topological polar surface area (TPSA) is 68.2 Å². The molecule has 0 bridgehead atoms. The number of rotatable bonds is 9. The van der Waals surface area contributed by atoms with E-state index in [1.807, 2.05) is 18.2 Å². The quantitative estimate of drug-likeness (QED) is 0.470. The Kier molecular flexibility index (Phi) is 10.4. The van der Waals surface area contributed by atoms with Crippen LogP contribution in [0.15, 0.2) is 54.6 Å². The first-order chi connectivity index (χ1) is 14.2. The van der Waals surface area contributed by atoms with E-state index >= 15 is 0 Å². The lowest BCUT2D eigenvalue weighted by Gasteiger charge is -2.16. The predicted octanol–water partition coefficient (Wildman–Crippen LogP) is 4.72. The molecule has 1 aliphatic rings. The van der Waals surface area contributed by atoms with E-state index < -0.39 is 0 Å². The fourth-order valence-corrected chi connectivity index (χ4v) is 3.73. The van der Waals surface area contributed by atoms with E-state index in [9.17, 15) is 4.79 Å². The second-order valence-electron chi connectivity index (χ2n) is 7.59. The fraction of sp³-hybridized carbons (Fsp3) is 0.500. The Morgan fingerprint density at radius 2 is 1.83 bits per heavy atom. The average molecular weight is 395 g/mol. The van der Waals surface area contributed by atoms with Crippen molar-refractivity contribution >= 4 is 6.03 Å². The van der Waals surface area contributed by atoms with Crippen molar-refractivity contribution in [2.75, 3.05) is 19.6 Å². The lowest BCUT2D eigenvalue weighted by Crippen LogP contribution is -2.43. The number of likely N-dealkylation sites (tertiary alicyclic amines) is 1. The van der Waals surface area contributed by atoms with Gasteiger partial charge in [0.2, 0.25) is 0 Å². The normalized spacial score (nSPS) is 16.4. The number of carbonyl (C=O) groups excluding carboxylic acids is 1. The van der Waals surface area contributed by atoms with Gasteiger partial charge in [0.15, 0.2) is 6.19 Å². The van der Waals surface area contributed by atoms with Gasteiger partial charge in [0, 0.05) is 19.6 Å². The monoisotopic (exact) mass is 394 g/mol. The largest absolute Gasteiger partial charge is 0.338 e. The fourth-order valence-electron chi connectivity index (χ4n) is 3.73. The highest BCUT2D eigenvalue weighted by Gasteiger charge is 2.22. The number of hydrogen-bond donors (Lipinski definition) is 2. The zero-order valence-corrected chi connectivity index (χ0v) is 17.5. The first-order valence-electron chi connectivity index (χ1n) is 10.8. The van der Waals surface area contributed by atoms with Crippen molar-refractivity contribution < 1.29 is 4.79 Å². The first-order valence-corrected chi connectivity index (χ1v) is 10.8. The predicted molar refractivity (Wildman–Crippen MR) is 118 cm³/mol. The van der Waals surface area contributed by atoms with Crippen molar-refractivity contribution in [2.45, 2.75) is 57.4 Å². The highest BCUT2D eigenvalue weighted by Crippen LogP contribution is 2.26. The number of nitrogens with zero attached hydrogens (tertiary/aromatic N) is 2. The molecule has 1 heterocycles. The van der Waals surface area contributed by atoms with Gasteiger partial charge in [0.05, 0.1) is 6.04 Å². The van der Waals surface area contributed by atoms with Crippen LogP contribution < -0.4 is 10.6 Å². The third kappa shape index (κ3) is 8.87. The molecule has 1 aromatic rings. The van der Waals surface area contributed by atoms with Crippen LogP contribution >= 0.6 is 0 Å². The highest BCUT2D eigenvalue weighted by molar-refractivity contribution is 5.74. The smallest absolute Gasteiger partial charge is 0.315 e. The van der Waals surface area contributed by atoms with Gasteiger partial charge < -0.3 is 15.5 Å². The van der Waals surface area contributed by atoms with Crippen LogP contribution in [0.5, 0.6) is 0 Å². The van der Waals surface area contributed by atoms with Gasteiger partial charge >= 0.3 is 6.03 Å². The highest BCUT2D eigenvalue weighted by atomic mass is 16.2. The molecule has 0 aromatic heterocycles. The zero-order valence-electron chi connectivity index (χ0n) is 17.5. The summed E-state index contributed by atoms with van der Waals surface area (Å²) in [6, 6.07) is 18.9. The molecule has 156 valence electrons. The Morgan fingerprint density at radius 3 is 2.45 bits per heavy atom. The van der Waals surface area contributed by atoms with Crippen molar-refractivity contribution in [3.05, 3.63) is 60.2 Å². The van der Waals surface area contributed by atoms with Crippen LogP contribution in [-0.2, 0) is 0 Å². The Hall–Kier alpha value is -2.74. The number of unbranched alkanes of at least 4 members (excludes halogenated alkanes) is 1. The molecule has 5 nitrogen and oxygen atoms in total. The van der Waals surface area contributed by atoms with Crippen molar-refractivity contribution in [3.8, 4) is 6.19 Å². The number of amides is 2. The maximum Gasteiger partial charge on any atom is 0.315 e. The molecule has 1 fully saturated rings. The molecule has 5 heteroatoms. The molecule has 1 saturated heterocycles. The molecule has 2 rings (SSSR count). The van der Waals surface area contributed by atoms with E-state index in [2.05, 4.69) is 60.1 Å². The number of carbonyl (C=O) groups is 1. The molecule has 1 aromatic carbocycles. The van der Waals surface area contributed by atoms with Crippen LogP contribution in [0.1, 0.15) is 56.9 Å².